The third-order valence-electron chi connectivity index (χ3n) is 2.97. The number of pyridine rings is 2. The standard InChI is InChI=1S/C13H8N4/c1-2-8(6-14-4-1)12-9-7-16-13-11(9)10(17-12)3-5-15-13/h1-7H,(H,15,16). The zero-order valence-electron chi connectivity index (χ0n) is 8.88. The van der Waals surface area contributed by atoms with Crippen molar-refractivity contribution in [3.8, 4) is 0 Å². The largest absolute Gasteiger partial charge is 0.345 e. The van der Waals surface area contributed by atoms with E-state index in [0.29, 0.717) is 0 Å². The van der Waals surface area contributed by atoms with Crippen LogP contribution in [0.1, 0.15) is 11.1 Å². The number of hydrogen-bond donors (Lipinski definition) is 1. The Kier molecular flexibility index (Phi) is 1.53. The van der Waals surface area contributed by atoms with E-state index in [-0.39, 0.29) is 0 Å². The summed E-state index contributed by atoms with van der Waals surface area (Å²) in [5.74, 6) is 0. The van der Waals surface area contributed by atoms with Gasteiger partial charge in [-0.15, -0.1) is 0 Å². The average Bonchev–Trinajstić information content (AvgIpc) is 2.97. The summed E-state index contributed by atoms with van der Waals surface area (Å²) in [7, 11) is 0. The molecule has 0 saturated heterocycles. The molecule has 0 radical (unpaired) electrons. The maximum absolute atomic E-state index is 4.64. The highest BCUT2D eigenvalue weighted by molar-refractivity contribution is 6.25. The van der Waals surface area contributed by atoms with Gasteiger partial charge in [0.25, 0.3) is 0 Å². The SMILES string of the molecule is c1cncc(C2=Nc3ccnc4[nH]cc2c34)c1. The van der Waals surface area contributed by atoms with E-state index in [9.17, 15) is 0 Å². The van der Waals surface area contributed by atoms with E-state index in [2.05, 4.69) is 19.9 Å². The molecular formula is C13H8N4. The Morgan fingerprint density at radius 1 is 1.12 bits per heavy atom. The van der Waals surface area contributed by atoms with Crippen molar-refractivity contribution in [1.29, 1.82) is 0 Å². The van der Waals surface area contributed by atoms with E-state index in [1.54, 1.807) is 12.4 Å². The molecule has 0 saturated carbocycles. The van der Waals surface area contributed by atoms with Crippen LogP contribution < -0.4 is 0 Å². The lowest BCUT2D eigenvalue weighted by molar-refractivity contribution is 1.30. The first-order valence-electron chi connectivity index (χ1n) is 5.39. The lowest BCUT2D eigenvalue weighted by atomic mass is 10.1. The second-order valence-corrected chi connectivity index (χ2v) is 3.96. The van der Waals surface area contributed by atoms with Gasteiger partial charge < -0.3 is 4.98 Å². The van der Waals surface area contributed by atoms with Gasteiger partial charge in [0.15, 0.2) is 0 Å². The van der Waals surface area contributed by atoms with Crippen molar-refractivity contribution in [1.82, 2.24) is 15.0 Å². The van der Waals surface area contributed by atoms with E-state index < -0.39 is 0 Å². The number of nitrogens with one attached hydrogen (secondary N) is 1. The van der Waals surface area contributed by atoms with Crippen molar-refractivity contribution < 1.29 is 0 Å². The molecule has 0 spiro atoms. The van der Waals surface area contributed by atoms with E-state index >= 15 is 0 Å². The topological polar surface area (TPSA) is 53.9 Å². The van der Waals surface area contributed by atoms with Gasteiger partial charge in [-0.3, -0.25) is 4.98 Å². The van der Waals surface area contributed by atoms with Gasteiger partial charge in [0, 0.05) is 35.9 Å². The zero-order chi connectivity index (χ0) is 11.2. The van der Waals surface area contributed by atoms with Crippen LogP contribution in [0.5, 0.6) is 0 Å². The van der Waals surface area contributed by atoms with Crippen LogP contribution in [-0.4, -0.2) is 20.7 Å². The molecule has 1 N–H and O–H groups in total. The maximum Gasteiger partial charge on any atom is 0.140 e. The lowest BCUT2D eigenvalue weighted by Crippen LogP contribution is -1.98. The van der Waals surface area contributed by atoms with Crippen molar-refractivity contribution in [2.24, 2.45) is 4.99 Å². The van der Waals surface area contributed by atoms with Crippen LogP contribution in [-0.2, 0) is 0 Å². The summed E-state index contributed by atoms with van der Waals surface area (Å²) in [4.78, 5) is 16.2. The first-order valence-corrected chi connectivity index (χ1v) is 5.39. The minimum Gasteiger partial charge on any atom is -0.345 e. The molecule has 0 atom stereocenters. The first kappa shape index (κ1) is 8.64. The number of aromatic amines is 1. The van der Waals surface area contributed by atoms with Crippen molar-refractivity contribution in [3.63, 3.8) is 0 Å². The Morgan fingerprint density at radius 3 is 3.00 bits per heavy atom. The number of hydrogen-bond acceptors (Lipinski definition) is 3. The molecule has 3 aromatic rings. The summed E-state index contributed by atoms with van der Waals surface area (Å²) in [5, 5.41) is 1.10. The van der Waals surface area contributed by atoms with E-state index in [4.69, 9.17) is 0 Å². The fourth-order valence-electron chi connectivity index (χ4n) is 2.22. The van der Waals surface area contributed by atoms with Crippen LogP contribution in [0.25, 0.3) is 11.0 Å². The zero-order valence-corrected chi connectivity index (χ0v) is 8.88. The molecule has 17 heavy (non-hydrogen) atoms. The molecule has 0 aromatic carbocycles. The Balaban J connectivity index is 2.02. The monoisotopic (exact) mass is 220 g/mol. The van der Waals surface area contributed by atoms with Crippen LogP contribution in [0.4, 0.5) is 5.69 Å². The number of aliphatic imine (C=N–C) groups is 1. The summed E-state index contributed by atoms with van der Waals surface area (Å²) >= 11 is 0. The lowest BCUT2D eigenvalue weighted by Gasteiger charge is -1.98. The third kappa shape index (κ3) is 1.09. The smallest absolute Gasteiger partial charge is 0.140 e. The van der Waals surface area contributed by atoms with Gasteiger partial charge in [-0.25, -0.2) is 9.98 Å². The Morgan fingerprint density at radius 2 is 2.12 bits per heavy atom. The van der Waals surface area contributed by atoms with Gasteiger partial charge >= 0.3 is 0 Å². The molecule has 3 aromatic heterocycles. The van der Waals surface area contributed by atoms with Gasteiger partial charge in [0.1, 0.15) is 5.65 Å². The first-order chi connectivity index (χ1) is 8.43. The van der Waals surface area contributed by atoms with Crippen molar-refractivity contribution in [2.75, 3.05) is 0 Å². The molecule has 0 fully saturated rings. The number of aromatic nitrogens is 3. The van der Waals surface area contributed by atoms with Crippen LogP contribution in [0.3, 0.4) is 0 Å². The average molecular weight is 220 g/mol. The summed E-state index contributed by atoms with van der Waals surface area (Å²) in [5.41, 5.74) is 4.97. The minimum absolute atomic E-state index is 0.889. The van der Waals surface area contributed by atoms with Crippen LogP contribution >= 0.6 is 0 Å². The van der Waals surface area contributed by atoms with Gasteiger partial charge in [-0.2, -0.15) is 0 Å². The quantitative estimate of drug-likeness (QED) is 0.535. The Hall–Kier alpha value is -2.49. The molecular weight excluding hydrogens is 212 g/mol. The fraction of sp³-hybridized carbons (Fsp3) is 0. The van der Waals surface area contributed by atoms with Gasteiger partial charge in [-0.1, -0.05) is 0 Å². The second-order valence-electron chi connectivity index (χ2n) is 3.96. The van der Waals surface area contributed by atoms with Gasteiger partial charge in [-0.05, 0) is 18.2 Å². The van der Waals surface area contributed by atoms with Crippen molar-refractivity contribution in [2.45, 2.75) is 0 Å². The van der Waals surface area contributed by atoms with Crippen molar-refractivity contribution in [3.05, 3.63) is 54.1 Å². The highest BCUT2D eigenvalue weighted by atomic mass is 14.9. The highest BCUT2D eigenvalue weighted by Crippen LogP contribution is 2.35. The van der Waals surface area contributed by atoms with Crippen LogP contribution in [0.2, 0.25) is 0 Å². The minimum atomic E-state index is 0.889. The highest BCUT2D eigenvalue weighted by Gasteiger charge is 2.21. The summed E-state index contributed by atoms with van der Waals surface area (Å²) in [6.07, 6.45) is 7.32. The van der Waals surface area contributed by atoms with E-state index in [1.807, 2.05) is 30.6 Å². The molecule has 0 aliphatic carbocycles. The van der Waals surface area contributed by atoms with Crippen molar-refractivity contribution >= 4 is 22.4 Å². The third-order valence-corrected chi connectivity index (χ3v) is 2.97. The molecule has 4 heteroatoms. The summed E-state index contributed by atoms with van der Waals surface area (Å²) < 4.78 is 0. The van der Waals surface area contributed by atoms with Gasteiger partial charge in [0.05, 0.1) is 16.8 Å². The molecule has 0 bridgehead atoms. The second kappa shape index (κ2) is 3.01. The summed E-state index contributed by atoms with van der Waals surface area (Å²) in [6, 6.07) is 5.87. The molecule has 4 rings (SSSR count). The van der Waals surface area contributed by atoms with Crippen LogP contribution in [0, 0.1) is 0 Å². The number of H-pyrrole nitrogens is 1. The molecule has 0 unspecified atom stereocenters. The predicted octanol–water partition coefficient (Wildman–Crippen LogP) is 2.44. The molecule has 80 valence electrons. The van der Waals surface area contributed by atoms with Crippen LogP contribution in [0.15, 0.2) is 48.0 Å². The fourth-order valence-corrected chi connectivity index (χ4v) is 2.22. The predicted molar refractivity (Wildman–Crippen MR) is 65.6 cm³/mol. The molecule has 1 aliphatic heterocycles. The van der Waals surface area contributed by atoms with Gasteiger partial charge in [0.2, 0.25) is 0 Å². The Labute approximate surface area is 97.1 Å². The molecule has 4 nitrogen and oxygen atoms in total. The summed E-state index contributed by atoms with van der Waals surface area (Å²) in [6.45, 7) is 0. The van der Waals surface area contributed by atoms with E-state index in [1.165, 1.54) is 0 Å². The van der Waals surface area contributed by atoms with E-state index in [0.717, 1.165) is 33.6 Å². The number of rotatable bonds is 1. The molecule has 4 heterocycles. The number of nitrogens with zero attached hydrogens (tertiary/aromatic N) is 3. The maximum atomic E-state index is 4.64. The molecule has 1 aliphatic rings. The molecule has 0 amide bonds. The Bertz CT molecular complexity index is 740. The normalized spacial score (nSPS) is 13.1.